The fourth-order valence-corrected chi connectivity index (χ4v) is 3.90. The zero-order valence-electron chi connectivity index (χ0n) is 19.3. The van der Waals surface area contributed by atoms with Gasteiger partial charge >= 0.3 is 0 Å². The summed E-state index contributed by atoms with van der Waals surface area (Å²) in [7, 11) is 1.99. The Labute approximate surface area is 185 Å². The predicted octanol–water partition coefficient (Wildman–Crippen LogP) is 4.25. The molecule has 1 aromatic carbocycles. The number of anilines is 4. The van der Waals surface area contributed by atoms with E-state index in [9.17, 15) is 4.79 Å². The maximum absolute atomic E-state index is 11.6. The van der Waals surface area contributed by atoms with E-state index in [4.69, 9.17) is 10.7 Å². The van der Waals surface area contributed by atoms with Gasteiger partial charge in [-0.25, -0.2) is 0 Å². The number of amides is 1. The number of benzene rings is 1. The summed E-state index contributed by atoms with van der Waals surface area (Å²) in [5.41, 5.74) is 7.70. The zero-order valence-corrected chi connectivity index (χ0v) is 19.3. The molecule has 1 aliphatic carbocycles. The second-order valence-electron chi connectivity index (χ2n) is 9.70. The second kappa shape index (κ2) is 9.49. The van der Waals surface area contributed by atoms with Gasteiger partial charge in [0, 0.05) is 30.9 Å². The quantitative estimate of drug-likeness (QED) is 0.608. The SMILES string of the molecule is Cc1ccc(C(N)=O)cc1Nc1nc(NC2CCCCC2)nc(N(C)CC(C)(C)C)n1. The third-order valence-corrected chi connectivity index (χ3v) is 5.38. The molecule has 0 aliphatic heterocycles. The molecule has 0 unspecified atom stereocenters. The summed E-state index contributed by atoms with van der Waals surface area (Å²) in [5, 5.41) is 6.77. The van der Waals surface area contributed by atoms with Gasteiger partial charge in [0.15, 0.2) is 0 Å². The fourth-order valence-electron chi connectivity index (χ4n) is 3.90. The van der Waals surface area contributed by atoms with E-state index < -0.39 is 5.91 Å². The Hall–Kier alpha value is -2.90. The van der Waals surface area contributed by atoms with Crippen molar-refractivity contribution in [1.82, 2.24) is 15.0 Å². The number of carbonyl (C=O) groups excluding carboxylic acids is 1. The molecular weight excluding hydrogens is 390 g/mol. The van der Waals surface area contributed by atoms with Crippen molar-refractivity contribution < 1.29 is 4.79 Å². The van der Waals surface area contributed by atoms with Crippen molar-refractivity contribution in [3.8, 4) is 0 Å². The van der Waals surface area contributed by atoms with Crippen molar-refractivity contribution in [2.45, 2.75) is 65.8 Å². The summed E-state index contributed by atoms with van der Waals surface area (Å²) in [4.78, 5) is 27.6. The molecule has 1 aliphatic rings. The number of hydrogen-bond donors (Lipinski definition) is 3. The lowest BCUT2D eigenvalue weighted by molar-refractivity contribution is 0.100. The molecule has 8 heteroatoms. The molecular formula is C23H35N7O. The number of aryl methyl sites for hydroxylation is 1. The molecule has 0 bridgehead atoms. The molecule has 31 heavy (non-hydrogen) atoms. The lowest BCUT2D eigenvalue weighted by atomic mass is 9.96. The van der Waals surface area contributed by atoms with E-state index >= 15 is 0 Å². The molecule has 2 aromatic rings. The first kappa shape index (κ1) is 22.8. The third kappa shape index (κ3) is 6.54. The van der Waals surface area contributed by atoms with Gasteiger partial charge in [0.2, 0.25) is 23.8 Å². The maximum Gasteiger partial charge on any atom is 0.248 e. The zero-order chi connectivity index (χ0) is 22.6. The first-order valence-corrected chi connectivity index (χ1v) is 11.0. The number of nitrogens with zero attached hydrogens (tertiary/aromatic N) is 4. The average molecular weight is 426 g/mol. The topological polar surface area (TPSA) is 109 Å². The van der Waals surface area contributed by atoms with Crippen molar-refractivity contribution in [2.24, 2.45) is 11.1 Å². The molecule has 1 saturated carbocycles. The fraction of sp³-hybridized carbons (Fsp3) is 0.565. The number of aromatic nitrogens is 3. The van der Waals surface area contributed by atoms with E-state index in [1.165, 1.54) is 19.3 Å². The lowest BCUT2D eigenvalue weighted by Gasteiger charge is -2.28. The molecule has 1 heterocycles. The molecule has 0 saturated heterocycles. The number of hydrogen-bond acceptors (Lipinski definition) is 7. The summed E-state index contributed by atoms with van der Waals surface area (Å²) >= 11 is 0. The van der Waals surface area contributed by atoms with Crippen LogP contribution in [0.3, 0.4) is 0 Å². The molecule has 0 spiro atoms. The first-order valence-electron chi connectivity index (χ1n) is 11.0. The van der Waals surface area contributed by atoms with Gasteiger partial charge in [0.25, 0.3) is 0 Å². The normalized spacial score (nSPS) is 14.9. The lowest BCUT2D eigenvalue weighted by Crippen LogP contribution is -2.31. The van der Waals surface area contributed by atoms with E-state index in [2.05, 4.69) is 41.4 Å². The van der Waals surface area contributed by atoms with E-state index in [-0.39, 0.29) is 5.41 Å². The summed E-state index contributed by atoms with van der Waals surface area (Å²) in [6.07, 6.45) is 5.99. The highest BCUT2D eigenvalue weighted by atomic mass is 16.1. The highest BCUT2D eigenvalue weighted by Crippen LogP contribution is 2.25. The Bertz CT molecular complexity index is 917. The van der Waals surface area contributed by atoms with E-state index in [1.54, 1.807) is 12.1 Å². The van der Waals surface area contributed by atoms with Crippen molar-refractivity contribution >= 4 is 29.4 Å². The van der Waals surface area contributed by atoms with Gasteiger partial charge in [0.1, 0.15) is 0 Å². The van der Waals surface area contributed by atoms with E-state index in [0.717, 1.165) is 30.6 Å². The summed E-state index contributed by atoms with van der Waals surface area (Å²) in [5.74, 6) is 1.15. The van der Waals surface area contributed by atoms with Gasteiger partial charge in [-0.3, -0.25) is 4.79 Å². The monoisotopic (exact) mass is 425 g/mol. The van der Waals surface area contributed by atoms with Gasteiger partial charge in [0.05, 0.1) is 0 Å². The third-order valence-electron chi connectivity index (χ3n) is 5.38. The molecule has 168 valence electrons. The highest BCUT2D eigenvalue weighted by Gasteiger charge is 2.20. The number of carbonyl (C=O) groups is 1. The van der Waals surface area contributed by atoms with Gasteiger partial charge in [-0.1, -0.05) is 46.1 Å². The van der Waals surface area contributed by atoms with Gasteiger partial charge in [-0.05, 0) is 42.9 Å². The van der Waals surface area contributed by atoms with Crippen molar-refractivity contribution in [3.05, 3.63) is 29.3 Å². The summed E-state index contributed by atoms with van der Waals surface area (Å²) < 4.78 is 0. The summed E-state index contributed by atoms with van der Waals surface area (Å²) in [6, 6.07) is 5.69. The van der Waals surface area contributed by atoms with Crippen LogP contribution in [-0.4, -0.2) is 40.5 Å². The van der Waals surface area contributed by atoms with Crippen LogP contribution < -0.4 is 21.3 Å². The molecule has 1 fully saturated rings. The number of rotatable bonds is 7. The van der Waals surface area contributed by atoms with Gasteiger partial charge in [-0.15, -0.1) is 0 Å². The van der Waals surface area contributed by atoms with Crippen LogP contribution in [0.15, 0.2) is 18.2 Å². The predicted molar refractivity (Wildman–Crippen MR) is 126 cm³/mol. The van der Waals surface area contributed by atoms with Gasteiger partial charge in [-0.2, -0.15) is 15.0 Å². The van der Waals surface area contributed by atoms with Crippen molar-refractivity contribution in [3.63, 3.8) is 0 Å². The molecule has 0 radical (unpaired) electrons. The van der Waals surface area contributed by atoms with Gasteiger partial charge < -0.3 is 21.3 Å². The summed E-state index contributed by atoms with van der Waals surface area (Å²) in [6.45, 7) is 9.31. The smallest absolute Gasteiger partial charge is 0.248 e. The Balaban J connectivity index is 1.92. The van der Waals surface area contributed by atoms with Crippen LogP contribution in [0.1, 0.15) is 68.8 Å². The molecule has 8 nitrogen and oxygen atoms in total. The van der Waals surface area contributed by atoms with Crippen LogP contribution >= 0.6 is 0 Å². The minimum atomic E-state index is -0.469. The molecule has 4 N–H and O–H groups in total. The van der Waals surface area contributed by atoms with E-state index in [0.29, 0.717) is 29.5 Å². The molecule has 1 amide bonds. The highest BCUT2D eigenvalue weighted by molar-refractivity contribution is 5.94. The molecule has 0 atom stereocenters. The Morgan fingerprint density at radius 1 is 1.13 bits per heavy atom. The minimum Gasteiger partial charge on any atom is -0.366 e. The molecule has 3 rings (SSSR count). The minimum absolute atomic E-state index is 0.0956. The van der Waals surface area contributed by atoms with Crippen molar-refractivity contribution in [2.75, 3.05) is 29.1 Å². The van der Waals surface area contributed by atoms with Crippen LogP contribution in [0, 0.1) is 12.3 Å². The van der Waals surface area contributed by atoms with Crippen LogP contribution in [0.5, 0.6) is 0 Å². The average Bonchev–Trinajstić information content (AvgIpc) is 2.69. The Morgan fingerprint density at radius 2 is 1.81 bits per heavy atom. The standard InChI is InChI=1S/C23H35N7O/c1-15-11-12-16(19(24)31)13-18(15)26-21-27-20(25-17-9-7-6-8-10-17)28-22(29-21)30(5)14-23(2,3)4/h11-13,17H,6-10,14H2,1-5H3,(H2,24,31)(H2,25,26,27,28,29). The number of primary amides is 1. The maximum atomic E-state index is 11.6. The second-order valence-corrected chi connectivity index (χ2v) is 9.70. The largest absolute Gasteiger partial charge is 0.366 e. The number of nitrogens with two attached hydrogens (primary N) is 1. The molecule has 1 aromatic heterocycles. The van der Waals surface area contributed by atoms with Crippen LogP contribution in [0.4, 0.5) is 23.5 Å². The van der Waals surface area contributed by atoms with Crippen LogP contribution in [0.25, 0.3) is 0 Å². The van der Waals surface area contributed by atoms with Crippen molar-refractivity contribution in [1.29, 1.82) is 0 Å². The number of nitrogens with one attached hydrogen (secondary N) is 2. The first-order chi connectivity index (χ1) is 14.6. The Morgan fingerprint density at radius 3 is 2.45 bits per heavy atom. The Kier molecular flexibility index (Phi) is 6.97. The van der Waals surface area contributed by atoms with Crippen LogP contribution in [0.2, 0.25) is 0 Å². The van der Waals surface area contributed by atoms with Crippen LogP contribution in [-0.2, 0) is 0 Å². The van der Waals surface area contributed by atoms with E-state index in [1.807, 2.05) is 24.9 Å².